The van der Waals surface area contributed by atoms with E-state index in [-0.39, 0.29) is 0 Å². The molecule has 0 aliphatic rings. The van der Waals surface area contributed by atoms with Crippen LogP contribution < -0.4 is 5.32 Å². The Labute approximate surface area is 120 Å². The van der Waals surface area contributed by atoms with Crippen LogP contribution in [0.3, 0.4) is 0 Å². The summed E-state index contributed by atoms with van der Waals surface area (Å²) in [5, 5.41) is 3.59. The first-order chi connectivity index (χ1) is 8.26. The van der Waals surface area contributed by atoms with Gasteiger partial charge in [-0.3, -0.25) is 0 Å². The Kier molecular flexibility index (Phi) is 7.86. The molecule has 0 heterocycles. The zero-order chi connectivity index (χ0) is 12.5. The molecule has 1 aromatic rings. The lowest BCUT2D eigenvalue weighted by molar-refractivity contribution is 0.419. The van der Waals surface area contributed by atoms with E-state index in [4.69, 9.17) is 0 Å². The summed E-state index contributed by atoms with van der Waals surface area (Å²) in [5.41, 5.74) is 1.39. The summed E-state index contributed by atoms with van der Waals surface area (Å²) < 4.78 is 1.32. The van der Waals surface area contributed by atoms with E-state index in [2.05, 4.69) is 66.0 Å². The predicted molar refractivity (Wildman–Crippen MR) is 84.2 cm³/mol. The fourth-order valence-corrected chi connectivity index (χ4v) is 2.62. The quantitative estimate of drug-likeness (QED) is 0.679. The van der Waals surface area contributed by atoms with Crippen LogP contribution in [-0.2, 0) is 6.54 Å². The third kappa shape index (κ3) is 6.41. The Morgan fingerprint density at radius 3 is 2.76 bits per heavy atom. The van der Waals surface area contributed by atoms with E-state index in [0.717, 1.165) is 19.0 Å². The number of halogens is 1. The van der Waals surface area contributed by atoms with Gasteiger partial charge in [-0.05, 0) is 59.2 Å². The van der Waals surface area contributed by atoms with Crippen molar-refractivity contribution < 1.29 is 0 Å². The van der Waals surface area contributed by atoms with Crippen molar-refractivity contribution >= 4 is 22.6 Å². The summed E-state index contributed by atoms with van der Waals surface area (Å²) >= 11 is 2.37. The highest BCUT2D eigenvalue weighted by Crippen LogP contribution is 2.12. The van der Waals surface area contributed by atoms with E-state index in [1.54, 1.807) is 0 Å². The Hall–Kier alpha value is -0.0900. The predicted octanol–water partition coefficient (Wildman–Crippen LogP) is 4.60. The first kappa shape index (κ1) is 15.0. The molecule has 1 nitrogen and oxygen atoms in total. The number of benzene rings is 1. The fraction of sp³-hybridized carbons (Fsp3) is 0.600. The highest BCUT2D eigenvalue weighted by Gasteiger charge is 2.04. The van der Waals surface area contributed by atoms with Gasteiger partial charge in [0.1, 0.15) is 0 Å². The first-order valence-electron chi connectivity index (χ1n) is 6.71. The van der Waals surface area contributed by atoms with Crippen molar-refractivity contribution in [1.82, 2.24) is 5.32 Å². The van der Waals surface area contributed by atoms with Crippen molar-refractivity contribution in [2.45, 2.75) is 46.1 Å². The van der Waals surface area contributed by atoms with Gasteiger partial charge in [0, 0.05) is 10.1 Å². The molecule has 0 amide bonds. The molecule has 1 unspecified atom stereocenters. The maximum absolute atomic E-state index is 3.59. The molecule has 0 saturated heterocycles. The van der Waals surface area contributed by atoms with Gasteiger partial charge in [-0.2, -0.15) is 0 Å². The van der Waals surface area contributed by atoms with Crippen LogP contribution >= 0.6 is 22.6 Å². The second-order valence-corrected chi connectivity index (χ2v) is 5.92. The lowest BCUT2D eigenvalue weighted by Gasteiger charge is -2.15. The normalized spacial score (nSPS) is 12.6. The van der Waals surface area contributed by atoms with Crippen LogP contribution in [0.4, 0.5) is 0 Å². The Morgan fingerprint density at radius 1 is 1.29 bits per heavy atom. The summed E-state index contributed by atoms with van der Waals surface area (Å²) in [4.78, 5) is 0. The summed E-state index contributed by atoms with van der Waals surface area (Å²) in [6.07, 6.45) is 5.34. The van der Waals surface area contributed by atoms with Gasteiger partial charge >= 0.3 is 0 Å². The molecule has 96 valence electrons. The molecule has 17 heavy (non-hydrogen) atoms. The second-order valence-electron chi connectivity index (χ2n) is 4.68. The lowest BCUT2D eigenvalue weighted by Crippen LogP contribution is -2.22. The summed E-state index contributed by atoms with van der Waals surface area (Å²) in [6.45, 7) is 6.72. The van der Waals surface area contributed by atoms with E-state index in [0.29, 0.717) is 0 Å². The molecule has 1 rings (SSSR count). The molecule has 0 aliphatic carbocycles. The zero-order valence-electron chi connectivity index (χ0n) is 11.0. The standard InChI is InChI=1S/C15H24IN/c1-3-5-7-13(4-2)11-17-12-14-8-6-9-15(16)10-14/h6,8-10,13,17H,3-5,7,11-12H2,1-2H3. The van der Waals surface area contributed by atoms with Gasteiger partial charge in [0.15, 0.2) is 0 Å². The van der Waals surface area contributed by atoms with Gasteiger partial charge in [-0.25, -0.2) is 0 Å². The summed E-state index contributed by atoms with van der Waals surface area (Å²) in [6, 6.07) is 8.72. The number of nitrogens with one attached hydrogen (secondary N) is 1. The van der Waals surface area contributed by atoms with E-state index in [1.807, 2.05) is 0 Å². The third-order valence-electron chi connectivity index (χ3n) is 3.19. The molecule has 1 aromatic carbocycles. The van der Waals surface area contributed by atoms with Crippen LogP contribution in [0.2, 0.25) is 0 Å². The van der Waals surface area contributed by atoms with E-state index >= 15 is 0 Å². The van der Waals surface area contributed by atoms with Gasteiger partial charge in [0.2, 0.25) is 0 Å². The van der Waals surface area contributed by atoms with Gasteiger partial charge in [0.25, 0.3) is 0 Å². The summed E-state index contributed by atoms with van der Waals surface area (Å²) in [7, 11) is 0. The summed E-state index contributed by atoms with van der Waals surface area (Å²) in [5.74, 6) is 0.845. The molecule has 0 bridgehead atoms. The lowest BCUT2D eigenvalue weighted by atomic mass is 9.99. The smallest absolute Gasteiger partial charge is 0.0205 e. The van der Waals surface area contributed by atoms with Crippen molar-refractivity contribution in [2.75, 3.05) is 6.54 Å². The zero-order valence-corrected chi connectivity index (χ0v) is 13.2. The Morgan fingerprint density at radius 2 is 2.12 bits per heavy atom. The number of hydrogen-bond acceptors (Lipinski definition) is 1. The molecular formula is C15H24IN. The third-order valence-corrected chi connectivity index (χ3v) is 3.87. The van der Waals surface area contributed by atoms with Crippen LogP contribution in [0.5, 0.6) is 0 Å². The van der Waals surface area contributed by atoms with E-state index in [9.17, 15) is 0 Å². The topological polar surface area (TPSA) is 12.0 Å². The molecule has 1 N–H and O–H groups in total. The average molecular weight is 345 g/mol. The molecule has 0 spiro atoms. The molecule has 0 fully saturated rings. The minimum absolute atomic E-state index is 0.845. The monoisotopic (exact) mass is 345 g/mol. The first-order valence-corrected chi connectivity index (χ1v) is 7.79. The second kappa shape index (κ2) is 8.92. The van der Waals surface area contributed by atoms with Crippen LogP contribution in [0, 0.1) is 9.49 Å². The molecule has 2 heteroatoms. The van der Waals surface area contributed by atoms with Crippen molar-refractivity contribution in [3.8, 4) is 0 Å². The maximum Gasteiger partial charge on any atom is 0.0205 e. The van der Waals surface area contributed by atoms with Gasteiger partial charge in [-0.15, -0.1) is 0 Å². The van der Waals surface area contributed by atoms with Crippen molar-refractivity contribution in [3.05, 3.63) is 33.4 Å². The number of rotatable bonds is 8. The van der Waals surface area contributed by atoms with E-state index in [1.165, 1.54) is 34.8 Å². The van der Waals surface area contributed by atoms with Gasteiger partial charge in [0.05, 0.1) is 0 Å². The molecule has 0 aromatic heterocycles. The maximum atomic E-state index is 3.59. The highest BCUT2D eigenvalue weighted by atomic mass is 127. The SMILES string of the molecule is CCCCC(CC)CNCc1cccc(I)c1. The number of unbranched alkanes of at least 4 members (excludes halogenated alkanes) is 1. The molecule has 0 radical (unpaired) electrons. The van der Waals surface area contributed by atoms with Crippen molar-refractivity contribution in [1.29, 1.82) is 0 Å². The average Bonchev–Trinajstić information content (AvgIpc) is 2.33. The molecule has 0 saturated carbocycles. The van der Waals surface area contributed by atoms with Crippen LogP contribution in [0.1, 0.15) is 45.1 Å². The fourth-order valence-electron chi connectivity index (χ4n) is 2.01. The Balaban J connectivity index is 2.26. The molecule has 0 aliphatic heterocycles. The van der Waals surface area contributed by atoms with E-state index < -0.39 is 0 Å². The van der Waals surface area contributed by atoms with Crippen LogP contribution in [0.15, 0.2) is 24.3 Å². The van der Waals surface area contributed by atoms with Crippen LogP contribution in [0.25, 0.3) is 0 Å². The van der Waals surface area contributed by atoms with Crippen molar-refractivity contribution in [3.63, 3.8) is 0 Å². The van der Waals surface area contributed by atoms with Crippen molar-refractivity contribution in [2.24, 2.45) is 5.92 Å². The highest BCUT2D eigenvalue weighted by molar-refractivity contribution is 14.1. The molecule has 1 atom stereocenters. The minimum Gasteiger partial charge on any atom is -0.312 e. The minimum atomic E-state index is 0.845. The largest absolute Gasteiger partial charge is 0.312 e. The van der Waals surface area contributed by atoms with Gasteiger partial charge < -0.3 is 5.32 Å². The molecular weight excluding hydrogens is 321 g/mol. The van der Waals surface area contributed by atoms with Crippen LogP contribution in [-0.4, -0.2) is 6.54 Å². The Bertz CT molecular complexity index is 312. The number of hydrogen-bond donors (Lipinski definition) is 1. The van der Waals surface area contributed by atoms with Gasteiger partial charge in [-0.1, -0.05) is 45.2 Å².